The molecule has 1 amide bonds. The van der Waals surface area contributed by atoms with Crippen molar-refractivity contribution in [3.63, 3.8) is 0 Å². The van der Waals surface area contributed by atoms with Crippen LogP contribution in [0.2, 0.25) is 0 Å². The van der Waals surface area contributed by atoms with Gasteiger partial charge in [0.15, 0.2) is 0 Å². The van der Waals surface area contributed by atoms with Crippen LogP contribution in [0.3, 0.4) is 0 Å². The molecule has 1 aliphatic heterocycles. The van der Waals surface area contributed by atoms with E-state index in [2.05, 4.69) is 6.07 Å². The van der Waals surface area contributed by atoms with E-state index in [-0.39, 0.29) is 11.8 Å². The molecule has 3 nitrogen and oxygen atoms in total. The smallest absolute Gasteiger partial charge is 0.225 e. The van der Waals surface area contributed by atoms with Gasteiger partial charge in [-0.1, -0.05) is 19.1 Å². The minimum atomic E-state index is 0.0195. The SMILES string of the molecule is C[C@H](Cc1ccc(C#N)cc1)C(=O)N1CCCCC1. The summed E-state index contributed by atoms with van der Waals surface area (Å²) in [5, 5.41) is 8.76. The van der Waals surface area contributed by atoms with Crippen molar-refractivity contribution >= 4 is 5.91 Å². The molecule has 3 heteroatoms. The summed E-state index contributed by atoms with van der Waals surface area (Å²) >= 11 is 0. The van der Waals surface area contributed by atoms with Crippen LogP contribution < -0.4 is 0 Å². The van der Waals surface area contributed by atoms with Crippen LogP contribution >= 0.6 is 0 Å². The van der Waals surface area contributed by atoms with Crippen LogP contribution in [0.4, 0.5) is 0 Å². The minimum Gasteiger partial charge on any atom is -0.342 e. The van der Waals surface area contributed by atoms with Crippen molar-refractivity contribution in [2.45, 2.75) is 32.6 Å². The lowest BCUT2D eigenvalue weighted by Crippen LogP contribution is -2.39. The first-order valence-electron chi connectivity index (χ1n) is 6.98. The van der Waals surface area contributed by atoms with Crippen molar-refractivity contribution in [2.75, 3.05) is 13.1 Å². The Morgan fingerprint density at radius 3 is 2.47 bits per heavy atom. The minimum absolute atomic E-state index is 0.0195. The number of piperidine rings is 1. The number of rotatable bonds is 3. The fourth-order valence-corrected chi connectivity index (χ4v) is 2.58. The largest absolute Gasteiger partial charge is 0.342 e. The van der Waals surface area contributed by atoms with E-state index in [0.29, 0.717) is 5.56 Å². The highest BCUT2D eigenvalue weighted by molar-refractivity contribution is 5.78. The summed E-state index contributed by atoms with van der Waals surface area (Å²) < 4.78 is 0. The van der Waals surface area contributed by atoms with E-state index in [1.165, 1.54) is 6.42 Å². The molecule has 0 spiro atoms. The van der Waals surface area contributed by atoms with Gasteiger partial charge in [0.05, 0.1) is 11.6 Å². The fraction of sp³-hybridized carbons (Fsp3) is 0.500. The molecule has 0 radical (unpaired) electrons. The molecule has 0 saturated carbocycles. The molecule has 2 rings (SSSR count). The summed E-state index contributed by atoms with van der Waals surface area (Å²) in [6, 6.07) is 9.62. The van der Waals surface area contributed by atoms with Gasteiger partial charge >= 0.3 is 0 Å². The average molecular weight is 256 g/mol. The summed E-state index contributed by atoms with van der Waals surface area (Å²) in [4.78, 5) is 14.3. The van der Waals surface area contributed by atoms with E-state index < -0.39 is 0 Å². The Morgan fingerprint density at radius 1 is 1.26 bits per heavy atom. The van der Waals surface area contributed by atoms with Crippen molar-refractivity contribution < 1.29 is 4.79 Å². The quantitative estimate of drug-likeness (QED) is 0.834. The van der Waals surface area contributed by atoms with Gasteiger partial charge in [-0.05, 0) is 43.4 Å². The molecule has 100 valence electrons. The highest BCUT2D eigenvalue weighted by Gasteiger charge is 2.22. The first kappa shape index (κ1) is 13.6. The normalized spacial score (nSPS) is 16.7. The number of amides is 1. The van der Waals surface area contributed by atoms with Gasteiger partial charge in [-0.2, -0.15) is 5.26 Å². The van der Waals surface area contributed by atoms with Gasteiger partial charge in [-0.3, -0.25) is 4.79 Å². The summed E-state index contributed by atoms with van der Waals surface area (Å²) in [5.41, 5.74) is 1.79. The molecule has 19 heavy (non-hydrogen) atoms. The van der Waals surface area contributed by atoms with Crippen molar-refractivity contribution in [3.8, 4) is 6.07 Å². The number of carbonyl (C=O) groups excluding carboxylic acids is 1. The maximum absolute atomic E-state index is 12.3. The van der Waals surface area contributed by atoms with Crippen LogP contribution in [0.5, 0.6) is 0 Å². The van der Waals surface area contributed by atoms with Crippen LogP contribution in [-0.2, 0) is 11.2 Å². The van der Waals surface area contributed by atoms with E-state index in [1.54, 1.807) is 0 Å². The highest BCUT2D eigenvalue weighted by atomic mass is 16.2. The van der Waals surface area contributed by atoms with Gasteiger partial charge < -0.3 is 4.90 Å². The van der Waals surface area contributed by atoms with E-state index in [9.17, 15) is 4.79 Å². The summed E-state index contributed by atoms with van der Waals surface area (Å²) in [7, 11) is 0. The lowest BCUT2D eigenvalue weighted by atomic mass is 9.98. The molecule has 1 aromatic rings. The number of carbonyl (C=O) groups is 1. The predicted molar refractivity (Wildman–Crippen MR) is 74.5 cm³/mol. The predicted octanol–water partition coefficient (Wildman–Crippen LogP) is 2.75. The van der Waals surface area contributed by atoms with E-state index in [1.807, 2.05) is 36.1 Å². The maximum Gasteiger partial charge on any atom is 0.225 e. The second-order valence-corrected chi connectivity index (χ2v) is 5.30. The number of nitrogens with zero attached hydrogens (tertiary/aromatic N) is 2. The average Bonchev–Trinajstić information content (AvgIpc) is 2.48. The zero-order valence-corrected chi connectivity index (χ0v) is 11.4. The Bertz CT molecular complexity index is 467. The fourth-order valence-electron chi connectivity index (χ4n) is 2.58. The first-order valence-corrected chi connectivity index (χ1v) is 6.98. The zero-order valence-electron chi connectivity index (χ0n) is 11.4. The van der Waals surface area contributed by atoms with Gasteiger partial charge in [0, 0.05) is 19.0 Å². The number of hydrogen-bond donors (Lipinski definition) is 0. The van der Waals surface area contributed by atoms with Crippen LogP contribution in [-0.4, -0.2) is 23.9 Å². The number of hydrogen-bond acceptors (Lipinski definition) is 2. The molecule has 0 aliphatic carbocycles. The molecular weight excluding hydrogens is 236 g/mol. The molecule has 0 N–H and O–H groups in total. The molecule has 0 unspecified atom stereocenters. The molecular formula is C16H20N2O. The Hall–Kier alpha value is -1.82. The third-order valence-corrected chi connectivity index (χ3v) is 3.71. The summed E-state index contributed by atoms with van der Waals surface area (Å²) in [5.74, 6) is 0.287. The van der Waals surface area contributed by atoms with Gasteiger partial charge in [0.2, 0.25) is 5.91 Å². The lowest BCUT2D eigenvalue weighted by molar-refractivity contribution is -0.135. The lowest BCUT2D eigenvalue weighted by Gasteiger charge is -2.29. The van der Waals surface area contributed by atoms with E-state index in [0.717, 1.165) is 37.9 Å². The first-order chi connectivity index (χ1) is 9.20. The molecule has 1 aromatic carbocycles. The third kappa shape index (κ3) is 3.57. The standard InChI is InChI=1S/C16H20N2O/c1-13(16(19)18-9-3-2-4-10-18)11-14-5-7-15(12-17)8-6-14/h5-8,13H,2-4,9-11H2,1H3/t13-/m1/s1. The Labute approximate surface area is 114 Å². The van der Waals surface area contributed by atoms with Crippen molar-refractivity contribution in [1.82, 2.24) is 4.90 Å². The molecule has 1 heterocycles. The highest BCUT2D eigenvalue weighted by Crippen LogP contribution is 2.16. The second kappa shape index (κ2) is 6.38. The Morgan fingerprint density at radius 2 is 1.89 bits per heavy atom. The molecule has 1 fully saturated rings. The van der Waals surface area contributed by atoms with Crippen molar-refractivity contribution in [2.24, 2.45) is 5.92 Å². The maximum atomic E-state index is 12.3. The topological polar surface area (TPSA) is 44.1 Å². The van der Waals surface area contributed by atoms with E-state index >= 15 is 0 Å². The molecule has 0 bridgehead atoms. The van der Waals surface area contributed by atoms with Crippen LogP contribution in [0, 0.1) is 17.2 Å². The molecule has 1 saturated heterocycles. The Kier molecular flexibility index (Phi) is 4.57. The third-order valence-electron chi connectivity index (χ3n) is 3.71. The zero-order chi connectivity index (χ0) is 13.7. The molecule has 1 atom stereocenters. The molecule has 1 aliphatic rings. The monoisotopic (exact) mass is 256 g/mol. The van der Waals surface area contributed by atoms with Gasteiger partial charge in [-0.15, -0.1) is 0 Å². The molecule has 0 aromatic heterocycles. The second-order valence-electron chi connectivity index (χ2n) is 5.30. The van der Waals surface area contributed by atoms with Crippen molar-refractivity contribution in [3.05, 3.63) is 35.4 Å². The van der Waals surface area contributed by atoms with Gasteiger partial charge in [0.25, 0.3) is 0 Å². The number of nitriles is 1. The number of likely N-dealkylation sites (tertiary alicyclic amines) is 1. The van der Waals surface area contributed by atoms with Crippen LogP contribution in [0.25, 0.3) is 0 Å². The van der Waals surface area contributed by atoms with Crippen LogP contribution in [0.1, 0.15) is 37.3 Å². The number of benzene rings is 1. The van der Waals surface area contributed by atoms with Crippen molar-refractivity contribution in [1.29, 1.82) is 5.26 Å². The van der Waals surface area contributed by atoms with Gasteiger partial charge in [0.1, 0.15) is 0 Å². The van der Waals surface area contributed by atoms with Gasteiger partial charge in [-0.25, -0.2) is 0 Å². The summed E-state index contributed by atoms with van der Waals surface area (Å²) in [6.45, 7) is 3.82. The summed E-state index contributed by atoms with van der Waals surface area (Å²) in [6.07, 6.45) is 4.26. The van der Waals surface area contributed by atoms with E-state index in [4.69, 9.17) is 5.26 Å². The van der Waals surface area contributed by atoms with Crippen LogP contribution in [0.15, 0.2) is 24.3 Å². The Balaban J connectivity index is 1.93.